The second kappa shape index (κ2) is 3.34. The molecule has 0 amide bonds. The summed E-state index contributed by atoms with van der Waals surface area (Å²) in [5, 5.41) is 5.98. The summed E-state index contributed by atoms with van der Waals surface area (Å²) in [5.41, 5.74) is 8.69. The van der Waals surface area contributed by atoms with Gasteiger partial charge >= 0.3 is 0 Å². The van der Waals surface area contributed by atoms with E-state index in [4.69, 9.17) is 5.53 Å². The smallest absolute Gasteiger partial charge is 0.108 e. The lowest BCUT2D eigenvalue weighted by atomic mass is 10.3. The van der Waals surface area contributed by atoms with Gasteiger partial charge in [-0.3, -0.25) is 0 Å². The molecule has 0 saturated carbocycles. The minimum absolute atomic E-state index is 0.259. The zero-order valence-electron chi connectivity index (χ0n) is 5.51. The molecule has 5 nitrogen and oxygen atoms in total. The lowest BCUT2D eigenvalue weighted by Crippen LogP contribution is -1.61. The van der Waals surface area contributed by atoms with Crippen molar-refractivity contribution in [2.75, 3.05) is 0 Å². The van der Waals surface area contributed by atoms with Gasteiger partial charge in [-0.05, 0) is 22.8 Å². The van der Waals surface area contributed by atoms with Crippen molar-refractivity contribution in [3.63, 3.8) is 0 Å². The molecule has 54 valence electrons. The van der Waals surface area contributed by atoms with Gasteiger partial charge in [0.2, 0.25) is 0 Å². The van der Waals surface area contributed by atoms with Crippen LogP contribution in [0.4, 0.5) is 11.4 Å². The van der Waals surface area contributed by atoms with Crippen LogP contribution in [0.1, 0.15) is 0 Å². The summed E-state index contributed by atoms with van der Waals surface area (Å²) in [6.45, 7) is 0. The Balaban J connectivity index is 3.09. The normalized spacial score (nSPS) is 8.36. The van der Waals surface area contributed by atoms with Gasteiger partial charge in [-0.1, -0.05) is 17.2 Å². The molecule has 0 radical (unpaired) electrons. The molecule has 5 heteroatoms. The Labute approximate surface area is 62.3 Å². The first-order valence-corrected chi connectivity index (χ1v) is 2.85. The molecule has 0 saturated heterocycles. The number of nitrogens with zero attached hydrogens (tertiary/aromatic N) is 4. The molecular weight excluding hydrogens is 144 g/mol. The fourth-order valence-electron chi connectivity index (χ4n) is 0.664. The zero-order valence-corrected chi connectivity index (χ0v) is 5.51. The summed E-state index contributed by atoms with van der Waals surface area (Å²) in [5.74, 6) is 0. The molecule has 0 atom stereocenters. The van der Waals surface area contributed by atoms with Crippen molar-refractivity contribution in [1.82, 2.24) is 0 Å². The molecule has 0 aliphatic heterocycles. The highest BCUT2D eigenvalue weighted by Crippen LogP contribution is 2.19. The van der Waals surface area contributed by atoms with E-state index in [2.05, 4.69) is 15.2 Å². The second-order valence-electron chi connectivity index (χ2n) is 1.80. The van der Waals surface area contributed by atoms with Gasteiger partial charge in [-0.2, -0.15) is 0 Å². The van der Waals surface area contributed by atoms with Gasteiger partial charge in [0.05, 0.1) is 0 Å². The molecule has 1 aromatic rings. The Morgan fingerprint density at radius 2 is 2.09 bits per heavy atom. The number of benzene rings is 1. The summed E-state index contributed by atoms with van der Waals surface area (Å²) in [6, 6.07) is 6.13. The van der Waals surface area contributed by atoms with Crippen LogP contribution in [0, 0.1) is 4.91 Å². The van der Waals surface area contributed by atoms with Crippen molar-refractivity contribution in [3.05, 3.63) is 39.6 Å². The highest BCUT2D eigenvalue weighted by molar-refractivity contribution is 5.49. The van der Waals surface area contributed by atoms with Crippen LogP contribution in [0.2, 0.25) is 0 Å². The van der Waals surface area contributed by atoms with Crippen molar-refractivity contribution in [1.29, 1.82) is 0 Å². The molecule has 11 heavy (non-hydrogen) atoms. The van der Waals surface area contributed by atoms with E-state index in [1.165, 1.54) is 12.1 Å². The van der Waals surface area contributed by atoms with Gasteiger partial charge in [-0.15, -0.1) is 4.91 Å². The van der Waals surface area contributed by atoms with E-state index in [0.29, 0.717) is 5.69 Å². The van der Waals surface area contributed by atoms with Gasteiger partial charge in [-0.25, -0.2) is 0 Å². The predicted molar refractivity (Wildman–Crippen MR) is 40.7 cm³/mol. The molecule has 0 N–H and O–H groups in total. The van der Waals surface area contributed by atoms with Crippen molar-refractivity contribution in [2.24, 2.45) is 10.3 Å². The molecule has 0 bridgehead atoms. The number of nitroso groups, excluding NO2 is 1. The molecule has 0 fully saturated rings. The fourth-order valence-corrected chi connectivity index (χ4v) is 0.664. The van der Waals surface area contributed by atoms with E-state index in [9.17, 15) is 4.91 Å². The van der Waals surface area contributed by atoms with Crippen LogP contribution in [-0.2, 0) is 0 Å². The van der Waals surface area contributed by atoms with Crippen LogP contribution in [0.3, 0.4) is 0 Å². The van der Waals surface area contributed by atoms with Gasteiger partial charge in [0.1, 0.15) is 5.69 Å². The van der Waals surface area contributed by atoms with Gasteiger partial charge in [0.25, 0.3) is 0 Å². The molecule has 0 unspecified atom stereocenters. The molecule has 0 aliphatic rings. The quantitative estimate of drug-likeness (QED) is 0.274. The van der Waals surface area contributed by atoms with Crippen LogP contribution in [0.5, 0.6) is 0 Å². The molecule has 0 aliphatic carbocycles. The Morgan fingerprint density at radius 3 is 2.73 bits per heavy atom. The van der Waals surface area contributed by atoms with Gasteiger partial charge in [0, 0.05) is 10.6 Å². The van der Waals surface area contributed by atoms with E-state index < -0.39 is 0 Å². The largest absolute Gasteiger partial charge is 0.145 e. The maximum atomic E-state index is 9.98. The number of hydrogen-bond acceptors (Lipinski definition) is 3. The second-order valence-corrected chi connectivity index (χ2v) is 1.80. The van der Waals surface area contributed by atoms with E-state index in [-0.39, 0.29) is 5.69 Å². The maximum Gasteiger partial charge on any atom is 0.108 e. The van der Waals surface area contributed by atoms with Crippen molar-refractivity contribution < 1.29 is 0 Å². The van der Waals surface area contributed by atoms with Crippen LogP contribution >= 0.6 is 0 Å². The highest BCUT2D eigenvalue weighted by atomic mass is 16.3. The summed E-state index contributed by atoms with van der Waals surface area (Å²) < 4.78 is 0. The highest BCUT2D eigenvalue weighted by Gasteiger charge is 1.90. The van der Waals surface area contributed by atoms with Crippen molar-refractivity contribution in [2.45, 2.75) is 0 Å². The Kier molecular flexibility index (Phi) is 2.20. The van der Waals surface area contributed by atoms with E-state index in [1.807, 2.05) is 0 Å². The van der Waals surface area contributed by atoms with Crippen molar-refractivity contribution in [3.8, 4) is 0 Å². The third kappa shape index (κ3) is 1.77. The average Bonchev–Trinajstić information content (AvgIpc) is 2.06. The topological polar surface area (TPSA) is 78.2 Å². The lowest BCUT2D eigenvalue weighted by molar-refractivity contribution is 1.43. The summed E-state index contributed by atoms with van der Waals surface area (Å²) in [6.07, 6.45) is 0. The fraction of sp³-hybridized carbons (Fsp3) is 0. The van der Waals surface area contributed by atoms with E-state index in [1.54, 1.807) is 12.1 Å². The number of azide groups is 1. The Hall–Kier alpha value is -1.87. The monoisotopic (exact) mass is 148 g/mol. The van der Waals surface area contributed by atoms with E-state index >= 15 is 0 Å². The molecule has 0 aromatic heterocycles. The van der Waals surface area contributed by atoms with E-state index in [0.717, 1.165) is 0 Å². The first-order chi connectivity index (χ1) is 5.36. The number of hydrogen-bond donors (Lipinski definition) is 0. The third-order valence-corrected chi connectivity index (χ3v) is 1.10. The minimum Gasteiger partial charge on any atom is -0.145 e. The average molecular weight is 148 g/mol. The Morgan fingerprint density at radius 1 is 1.36 bits per heavy atom. The molecule has 1 rings (SSSR count). The zero-order chi connectivity index (χ0) is 8.10. The molecule has 1 aromatic carbocycles. The first-order valence-electron chi connectivity index (χ1n) is 2.85. The van der Waals surface area contributed by atoms with Gasteiger partial charge in [0.15, 0.2) is 0 Å². The lowest BCUT2D eigenvalue weighted by Gasteiger charge is -1.89. The van der Waals surface area contributed by atoms with Crippen LogP contribution < -0.4 is 0 Å². The van der Waals surface area contributed by atoms with Crippen molar-refractivity contribution >= 4 is 11.4 Å². The molecule has 0 spiro atoms. The maximum absolute atomic E-state index is 9.98. The summed E-state index contributed by atoms with van der Waals surface area (Å²) >= 11 is 0. The first kappa shape index (κ1) is 7.24. The van der Waals surface area contributed by atoms with Crippen LogP contribution in [0.15, 0.2) is 34.6 Å². The molecular formula is C6H4N4O. The standard InChI is InChI=1S/C6H4N4O/c7-10-8-5-2-1-3-6(4-5)9-11/h1-4H. The molecule has 0 heterocycles. The summed E-state index contributed by atoms with van der Waals surface area (Å²) in [7, 11) is 0. The third-order valence-electron chi connectivity index (χ3n) is 1.10. The van der Waals surface area contributed by atoms with Crippen LogP contribution in [-0.4, -0.2) is 0 Å². The number of rotatable bonds is 2. The SMILES string of the molecule is [N-]=[N+]=Nc1cccc(N=O)c1. The van der Waals surface area contributed by atoms with Crippen LogP contribution in [0.25, 0.3) is 10.4 Å². The predicted octanol–water partition coefficient (Wildman–Crippen LogP) is 3.03. The van der Waals surface area contributed by atoms with Gasteiger partial charge < -0.3 is 0 Å². The summed E-state index contributed by atoms with van der Waals surface area (Å²) in [4.78, 5) is 12.5. The Bertz CT molecular complexity index is 316. The minimum atomic E-state index is 0.259.